The van der Waals surface area contributed by atoms with Gasteiger partial charge in [0.2, 0.25) is 0 Å². The van der Waals surface area contributed by atoms with Crippen LogP contribution in [0.1, 0.15) is 50.7 Å². The van der Waals surface area contributed by atoms with Gasteiger partial charge in [-0.05, 0) is 52.3 Å². The first-order chi connectivity index (χ1) is 16.2. The summed E-state index contributed by atoms with van der Waals surface area (Å²) < 4.78 is 50.2. The number of alkyl halides is 2. The van der Waals surface area contributed by atoms with Gasteiger partial charge in [0.1, 0.15) is 23.2 Å². The van der Waals surface area contributed by atoms with Crippen molar-refractivity contribution in [3.8, 4) is 5.75 Å². The van der Waals surface area contributed by atoms with E-state index in [-0.39, 0.29) is 11.5 Å². The lowest BCUT2D eigenvalue weighted by Gasteiger charge is -2.37. The number of allylic oxidation sites excluding steroid dienone is 1. The highest BCUT2D eigenvalue weighted by atomic mass is 19.3. The van der Waals surface area contributed by atoms with Crippen LogP contribution >= 0.6 is 0 Å². The zero-order chi connectivity index (χ0) is 25.9. The van der Waals surface area contributed by atoms with Gasteiger partial charge < -0.3 is 15.0 Å². The third-order valence-corrected chi connectivity index (χ3v) is 6.16. The van der Waals surface area contributed by atoms with Gasteiger partial charge in [-0.15, -0.1) is 0 Å². The molecule has 1 aliphatic heterocycles. The average molecular weight is 485 g/mol. The smallest absolute Gasteiger partial charge is 0.296 e. The molecule has 9 heteroatoms. The highest BCUT2D eigenvalue weighted by molar-refractivity contribution is 6.05. The van der Waals surface area contributed by atoms with E-state index in [2.05, 4.69) is 21.9 Å². The maximum atomic E-state index is 15.2. The number of hydrogen-bond donors (Lipinski definition) is 1. The number of ether oxygens (including phenoxy) is 1. The lowest BCUT2D eigenvalue weighted by molar-refractivity contribution is -0.132. The number of aromatic nitrogens is 2. The molecular formula is C26H27F3N4O2. The predicted octanol–water partition coefficient (Wildman–Crippen LogP) is 6.05. The number of rotatable bonds is 5. The molecule has 1 atom stereocenters. The molecular weight excluding hydrogens is 457 g/mol. The summed E-state index contributed by atoms with van der Waals surface area (Å²) in [5.41, 5.74) is -1.04. The second-order valence-corrected chi connectivity index (χ2v) is 9.36. The summed E-state index contributed by atoms with van der Waals surface area (Å²) in [7, 11) is 1.66. The molecule has 2 aromatic carbocycles. The normalized spacial score (nSPS) is 16.0. The van der Waals surface area contributed by atoms with E-state index >= 15 is 4.39 Å². The molecule has 35 heavy (non-hydrogen) atoms. The first kappa shape index (κ1) is 24.5. The molecule has 184 valence electrons. The monoisotopic (exact) mass is 484 g/mol. The summed E-state index contributed by atoms with van der Waals surface area (Å²) in [4.78, 5) is 23.1. The van der Waals surface area contributed by atoms with Gasteiger partial charge in [-0.25, -0.2) is 14.4 Å². The molecule has 0 bridgehead atoms. The first-order valence-corrected chi connectivity index (χ1v) is 11.1. The number of amides is 1. The number of likely N-dealkylation sites (N-methyl/N-ethyl adjacent to an activating group) is 1. The highest BCUT2D eigenvalue weighted by Gasteiger charge is 2.40. The van der Waals surface area contributed by atoms with Crippen molar-refractivity contribution in [1.29, 1.82) is 0 Å². The molecule has 0 aliphatic carbocycles. The lowest BCUT2D eigenvalue weighted by Crippen LogP contribution is -2.50. The van der Waals surface area contributed by atoms with Crippen LogP contribution in [0.4, 0.5) is 24.7 Å². The van der Waals surface area contributed by atoms with Gasteiger partial charge in [0, 0.05) is 24.1 Å². The Hall–Kier alpha value is -3.62. The molecule has 3 aromatic rings. The quantitative estimate of drug-likeness (QED) is 0.447. The van der Waals surface area contributed by atoms with Crippen molar-refractivity contribution < 1.29 is 22.7 Å². The number of fused-ring (bicyclic) bond motifs is 2. The number of benzene rings is 2. The molecule has 6 nitrogen and oxygen atoms in total. The van der Waals surface area contributed by atoms with Crippen molar-refractivity contribution in [2.75, 3.05) is 17.3 Å². The first-order valence-electron chi connectivity index (χ1n) is 11.1. The Morgan fingerprint density at radius 3 is 2.60 bits per heavy atom. The number of carbonyl (C=O) groups is 1. The Morgan fingerprint density at radius 2 is 1.94 bits per heavy atom. The molecule has 1 N–H and O–H groups in total. The van der Waals surface area contributed by atoms with Crippen molar-refractivity contribution in [3.05, 3.63) is 65.3 Å². The average Bonchev–Trinajstić information content (AvgIpc) is 2.76. The maximum absolute atomic E-state index is 15.2. The Kier molecular flexibility index (Phi) is 5.78. The standard InChI is InChI=1S/C26H27F3N4O2/c1-13(2)26(28,29)18-10-8-9-16(22(18)27)14(3)30-23-17-11-20-21(12-19(17)31-15(4)32-23)35-25(5,6)24(34)33(20)7/h8-12,14H,1H2,2-7H3,(H,30,31,32). The van der Waals surface area contributed by atoms with E-state index in [9.17, 15) is 13.6 Å². The third-order valence-electron chi connectivity index (χ3n) is 6.16. The molecule has 0 saturated heterocycles. The van der Waals surface area contributed by atoms with Crippen molar-refractivity contribution in [3.63, 3.8) is 0 Å². The van der Waals surface area contributed by atoms with E-state index in [4.69, 9.17) is 4.74 Å². The van der Waals surface area contributed by atoms with Crippen molar-refractivity contribution >= 4 is 28.3 Å². The predicted molar refractivity (Wildman–Crippen MR) is 130 cm³/mol. The third kappa shape index (κ3) is 4.09. The van der Waals surface area contributed by atoms with Crippen molar-refractivity contribution in [1.82, 2.24) is 9.97 Å². The highest BCUT2D eigenvalue weighted by Crippen LogP contribution is 2.42. The molecule has 4 rings (SSSR count). The van der Waals surface area contributed by atoms with E-state index in [1.165, 1.54) is 17.0 Å². The Labute approximate surface area is 201 Å². The molecule has 1 amide bonds. The maximum Gasteiger partial charge on any atom is 0.296 e. The van der Waals surface area contributed by atoms with Crippen LogP contribution in [-0.4, -0.2) is 28.5 Å². The van der Waals surface area contributed by atoms with E-state index < -0.39 is 34.5 Å². The van der Waals surface area contributed by atoms with Gasteiger partial charge in [0.05, 0.1) is 22.8 Å². The number of halogens is 3. The van der Waals surface area contributed by atoms with Crippen LogP contribution < -0.4 is 15.0 Å². The summed E-state index contributed by atoms with van der Waals surface area (Å²) in [6.45, 7) is 11.2. The molecule has 1 aromatic heterocycles. The summed E-state index contributed by atoms with van der Waals surface area (Å²) in [5.74, 6) is -3.38. The van der Waals surface area contributed by atoms with Gasteiger partial charge in [0.25, 0.3) is 11.8 Å². The van der Waals surface area contributed by atoms with Gasteiger partial charge in [-0.2, -0.15) is 8.78 Å². The lowest BCUT2D eigenvalue weighted by atomic mass is 9.97. The number of nitrogens with one attached hydrogen (secondary N) is 1. The summed E-state index contributed by atoms with van der Waals surface area (Å²) in [6, 6.07) is 6.65. The van der Waals surface area contributed by atoms with Gasteiger partial charge >= 0.3 is 0 Å². The number of aryl methyl sites for hydroxylation is 1. The number of anilines is 2. The molecule has 0 spiro atoms. The van der Waals surface area contributed by atoms with Gasteiger partial charge in [-0.3, -0.25) is 4.79 Å². The minimum Gasteiger partial charge on any atom is -0.476 e. The fraction of sp³-hybridized carbons (Fsp3) is 0.346. The molecule has 0 fully saturated rings. The molecule has 1 unspecified atom stereocenters. The van der Waals surface area contributed by atoms with Crippen LogP contribution in [0.5, 0.6) is 5.75 Å². The number of hydrogen-bond acceptors (Lipinski definition) is 5. The zero-order valence-electron chi connectivity index (χ0n) is 20.5. The van der Waals surface area contributed by atoms with Crippen molar-refractivity contribution in [2.45, 2.75) is 52.2 Å². The Bertz CT molecular complexity index is 1370. The van der Waals surface area contributed by atoms with Crippen molar-refractivity contribution in [2.24, 2.45) is 0 Å². The minimum atomic E-state index is -3.50. The minimum absolute atomic E-state index is 0.0585. The summed E-state index contributed by atoms with van der Waals surface area (Å²) >= 11 is 0. The Morgan fingerprint density at radius 1 is 1.26 bits per heavy atom. The molecule has 2 heterocycles. The van der Waals surface area contributed by atoms with Crippen LogP contribution in [0.2, 0.25) is 0 Å². The van der Waals surface area contributed by atoms with Crippen LogP contribution in [0.25, 0.3) is 10.9 Å². The van der Waals surface area contributed by atoms with E-state index in [1.54, 1.807) is 46.9 Å². The van der Waals surface area contributed by atoms with Crippen LogP contribution in [-0.2, 0) is 10.7 Å². The Balaban J connectivity index is 1.78. The zero-order valence-corrected chi connectivity index (χ0v) is 20.5. The SMILES string of the molecule is C=C(C)C(F)(F)c1cccc(C(C)Nc2nc(C)nc3cc4c(cc23)N(C)C(=O)C(C)(C)O4)c1F. The van der Waals surface area contributed by atoms with E-state index in [1.807, 2.05) is 0 Å². The number of nitrogens with zero attached hydrogens (tertiary/aromatic N) is 3. The van der Waals surface area contributed by atoms with Crippen LogP contribution in [0, 0.1) is 12.7 Å². The van der Waals surface area contributed by atoms with Gasteiger partial charge in [-0.1, -0.05) is 18.7 Å². The van der Waals surface area contributed by atoms with E-state index in [0.29, 0.717) is 34.0 Å². The molecule has 1 aliphatic rings. The second-order valence-electron chi connectivity index (χ2n) is 9.36. The van der Waals surface area contributed by atoms with E-state index in [0.717, 1.165) is 13.0 Å². The molecule has 0 radical (unpaired) electrons. The van der Waals surface area contributed by atoms with Crippen LogP contribution in [0.3, 0.4) is 0 Å². The fourth-order valence-corrected chi connectivity index (χ4v) is 4.19. The molecule has 0 saturated carbocycles. The topological polar surface area (TPSA) is 67.4 Å². The summed E-state index contributed by atoms with van der Waals surface area (Å²) in [5, 5.41) is 3.71. The fourth-order valence-electron chi connectivity index (χ4n) is 4.19. The largest absolute Gasteiger partial charge is 0.476 e. The van der Waals surface area contributed by atoms with Gasteiger partial charge in [0.15, 0.2) is 5.60 Å². The second kappa shape index (κ2) is 8.25. The summed E-state index contributed by atoms with van der Waals surface area (Å²) in [6.07, 6.45) is 0. The number of carbonyl (C=O) groups excluding carboxylic acids is 1. The van der Waals surface area contributed by atoms with Crippen LogP contribution in [0.15, 0.2) is 42.5 Å².